The molecule has 3 unspecified atom stereocenters. The van der Waals surface area contributed by atoms with Crippen LogP contribution in [-0.4, -0.2) is 12.6 Å². The summed E-state index contributed by atoms with van der Waals surface area (Å²) >= 11 is 0. The number of furan rings is 1. The number of hydrogen-bond acceptors (Lipinski definition) is 3. The highest BCUT2D eigenvalue weighted by atomic mass is 16.5. The van der Waals surface area contributed by atoms with Crippen molar-refractivity contribution in [2.75, 3.05) is 6.54 Å². The van der Waals surface area contributed by atoms with Crippen LogP contribution in [-0.2, 0) is 4.74 Å². The third-order valence-corrected chi connectivity index (χ3v) is 3.39. The van der Waals surface area contributed by atoms with Crippen molar-refractivity contribution in [2.45, 2.75) is 25.2 Å². The van der Waals surface area contributed by atoms with Crippen LogP contribution < -0.4 is 5.32 Å². The zero-order chi connectivity index (χ0) is 12.4. The number of nitrogens with one attached hydrogen (secondary N) is 1. The molecule has 1 aromatic carbocycles. The number of ether oxygens (including phenoxy) is 1. The minimum atomic E-state index is -0.0287. The Morgan fingerprint density at radius 1 is 1.11 bits per heavy atom. The molecule has 1 aromatic heterocycles. The molecule has 3 atom stereocenters. The van der Waals surface area contributed by atoms with Crippen LogP contribution in [0, 0.1) is 0 Å². The molecule has 94 valence electrons. The van der Waals surface area contributed by atoms with E-state index in [9.17, 15) is 0 Å². The predicted octanol–water partition coefficient (Wildman–Crippen LogP) is 3.07. The summed E-state index contributed by atoms with van der Waals surface area (Å²) in [6.07, 6.45) is 1.74. The second-order valence-corrected chi connectivity index (χ2v) is 4.67. The molecule has 2 heterocycles. The number of benzene rings is 1. The molecular weight excluding hydrogens is 226 g/mol. The molecule has 1 saturated heterocycles. The molecule has 0 radical (unpaired) electrons. The summed E-state index contributed by atoms with van der Waals surface area (Å²) in [6, 6.07) is 14.4. The summed E-state index contributed by atoms with van der Waals surface area (Å²) in [5, 5.41) is 3.48. The maximum Gasteiger partial charge on any atom is 0.134 e. The molecule has 1 fully saturated rings. The summed E-state index contributed by atoms with van der Waals surface area (Å²) in [5.74, 6) is 0.885. The van der Waals surface area contributed by atoms with E-state index in [4.69, 9.17) is 9.15 Å². The van der Waals surface area contributed by atoms with Crippen LogP contribution in [0.2, 0.25) is 0 Å². The highest BCUT2D eigenvalue weighted by molar-refractivity contribution is 5.19. The van der Waals surface area contributed by atoms with Gasteiger partial charge in [0.15, 0.2) is 0 Å². The van der Waals surface area contributed by atoms with Crippen LogP contribution >= 0.6 is 0 Å². The normalized spacial score (nSPS) is 28.2. The average molecular weight is 243 g/mol. The summed E-state index contributed by atoms with van der Waals surface area (Å²) in [7, 11) is 0. The largest absolute Gasteiger partial charge is 0.467 e. The Hall–Kier alpha value is -1.58. The Kier molecular flexibility index (Phi) is 3.17. The minimum absolute atomic E-state index is 0.0287. The van der Waals surface area contributed by atoms with Crippen LogP contribution in [0.5, 0.6) is 0 Å². The lowest BCUT2D eigenvalue weighted by Gasteiger charge is -2.35. The average Bonchev–Trinajstić information content (AvgIpc) is 2.94. The summed E-state index contributed by atoms with van der Waals surface area (Å²) < 4.78 is 11.6. The van der Waals surface area contributed by atoms with Crippen molar-refractivity contribution in [1.29, 1.82) is 0 Å². The maximum absolute atomic E-state index is 6.17. The minimum Gasteiger partial charge on any atom is -0.467 e. The van der Waals surface area contributed by atoms with Gasteiger partial charge >= 0.3 is 0 Å². The number of rotatable bonds is 2. The first-order chi connectivity index (χ1) is 8.84. The van der Waals surface area contributed by atoms with Gasteiger partial charge in [-0.1, -0.05) is 30.3 Å². The molecule has 3 rings (SSSR count). The second-order valence-electron chi connectivity index (χ2n) is 4.67. The summed E-state index contributed by atoms with van der Waals surface area (Å²) in [5.41, 5.74) is 1.20. The molecule has 1 aliphatic heterocycles. The van der Waals surface area contributed by atoms with Crippen LogP contribution in [0.4, 0.5) is 0 Å². The fourth-order valence-corrected chi connectivity index (χ4v) is 2.37. The second kappa shape index (κ2) is 4.96. The van der Waals surface area contributed by atoms with Gasteiger partial charge in [-0.2, -0.15) is 0 Å². The van der Waals surface area contributed by atoms with Gasteiger partial charge in [0.25, 0.3) is 0 Å². The first-order valence-electron chi connectivity index (χ1n) is 6.32. The Labute approximate surface area is 107 Å². The fourth-order valence-electron chi connectivity index (χ4n) is 2.37. The van der Waals surface area contributed by atoms with E-state index >= 15 is 0 Å². The van der Waals surface area contributed by atoms with E-state index in [1.165, 1.54) is 5.56 Å². The van der Waals surface area contributed by atoms with Crippen molar-refractivity contribution in [2.24, 2.45) is 0 Å². The molecule has 1 N–H and O–H groups in total. The number of morpholine rings is 1. The lowest BCUT2D eigenvalue weighted by Crippen LogP contribution is -2.42. The monoisotopic (exact) mass is 243 g/mol. The molecule has 1 aliphatic rings. The van der Waals surface area contributed by atoms with Crippen molar-refractivity contribution in [3.05, 3.63) is 60.1 Å². The molecule has 3 nitrogen and oxygen atoms in total. The van der Waals surface area contributed by atoms with E-state index in [2.05, 4.69) is 24.4 Å². The molecule has 0 spiro atoms. The van der Waals surface area contributed by atoms with Crippen LogP contribution in [0.1, 0.15) is 30.5 Å². The Bertz CT molecular complexity index is 480. The van der Waals surface area contributed by atoms with Crippen LogP contribution in [0.25, 0.3) is 0 Å². The first kappa shape index (κ1) is 11.5. The van der Waals surface area contributed by atoms with Crippen molar-refractivity contribution in [1.82, 2.24) is 5.32 Å². The Morgan fingerprint density at radius 2 is 1.94 bits per heavy atom. The number of hydrogen-bond donors (Lipinski definition) is 1. The van der Waals surface area contributed by atoms with Crippen molar-refractivity contribution in [3.63, 3.8) is 0 Å². The molecule has 0 bridgehead atoms. The van der Waals surface area contributed by atoms with Gasteiger partial charge in [-0.15, -0.1) is 0 Å². The van der Waals surface area contributed by atoms with Gasteiger partial charge in [0.05, 0.1) is 12.4 Å². The van der Waals surface area contributed by atoms with E-state index < -0.39 is 0 Å². The first-order valence-corrected chi connectivity index (χ1v) is 6.32. The molecule has 0 amide bonds. The fraction of sp³-hybridized carbons (Fsp3) is 0.333. The van der Waals surface area contributed by atoms with E-state index in [-0.39, 0.29) is 18.2 Å². The quantitative estimate of drug-likeness (QED) is 0.880. The van der Waals surface area contributed by atoms with Crippen molar-refractivity contribution < 1.29 is 9.15 Å². The van der Waals surface area contributed by atoms with E-state index in [1.807, 2.05) is 30.3 Å². The summed E-state index contributed by atoms with van der Waals surface area (Å²) in [4.78, 5) is 0. The molecule has 3 heteroatoms. The molecular formula is C15H17NO2. The van der Waals surface area contributed by atoms with Gasteiger partial charge in [-0.05, 0) is 24.6 Å². The molecule has 0 aliphatic carbocycles. The standard InChI is InChI=1S/C15H17NO2/c1-11-15(13-8-5-9-17-13)18-14(10-16-11)12-6-3-2-4-7-12/h2-9,11,14-16H,10H2,1H3. The predicted molar refractivity (Wildman–Crippen MR) is 69.2 cm³/mol. The van der Waals surface area contributed by atoms with Crippen molar-refractivity contribution in [3.8, 4) is 0 Å². The third-order valence-electron chi connectivity index (χ3n) is 3.39. The third kappa shape index (κ3) is 2.19. The van der Waals surface area contributed by atoms with Gasteiger partial charge in [0.1, 0.15) is 11.9 Å². The highest BCUT2D eigenvalue weighted by Gasteiger charge is 2.31. The van der Waals surface area contributed by atoms with Gasteiger partial charge < -0.3 is 14.5 Å². The topological polar surface area (TPSA) is 34.4 Å². The Morgan fingerprint density at radius 3 is 2.67 bits per heavy atom. The highest BCUT2D eigenvalue weighted by Crippen LogP contribution is 2.32. The van der Waals surface area contributed by atoms with Crippen molar-refractivity contribution >= 4 is 0 Å². The van der Waals surface area contributed by atoms with Gasteiger partial charge in [-0.3, -0.25) is 0 Å². The van der Waals surface area contributed by atoms with E-state index in [1.54, 1.807) is 6.26 Å². The zero-order valence-corrected chi connectivity index (χ0v) is 10.4. The maximum atomic E-state index is 6.17. The van der Waals surface area contributed by atoms with Crippen LogP contribution in [0.15, 0.2) is 53.1 Å². The summed E-state index contributed by atoms with van der Waals surface area (Å²) in [6.45, 7) is 2.96. The lowest BCUT2D eigenvalue weighted by atomic mass is 10.0. The molecule has 18 heavy (non-hydrogen) atoms. The van der Waals surface area contributed by atoms with Crippen LogP contribution in [0.3, 0.4) is 0 Å². The van der Waals surface area contributed by atoms with Gasteiger partial charge in [0.2, 0.25) is 0 Å². The lowest BCUT2D eigenvalue weighted by molar-refractivity contribution is -0.0726. The van der Waals surface area contributed by atoms with E-state index in [0.717, 1.165) is 12.3 Å². The molecule has 0 saturated carbocycles. The SMILES string of the molecule is CC1NCC(c2ccccc2)OC1c1ccco1. The zero-order valence-electron chi connectivity index (χ0n) is 10.4. The van der Waals surface area contributed by atoms with Gasteiger partial charge in [-0.25, -0.2) is 0 Å². The Balaban J connectivity index is 1.80. The van der Waals surface area contributed by atoms with Gasteiger partial charge in [0, 0.05) is 12.6 Å². The molecule has 2 aromatic rings. The van der Waals surface area contributed by atoms with E-state index in [0.29, 0.717) is 0 Å². The smallest absolute Gasteiger partial charge is 0.134 e.